The zero-order valence-corrected chi connectivity index (χ0v) is 48.5. The Bertz CT molecular complexity index is 3750. The Hall–Kier alpha value is -6.21. The molecule has 2 aromatic heterocycles. The van der Waals surface area contributed by atoms with Crippen LogP contribution in [0, 0.1) is 0 Å². The second-order valence-corrected chi connectivity index (χ2v) is 24.7. The third-order valence-electron chi connectivity index (χ3n) is 17.1. The van der Waals surface area contributed by atoms with E-state index in [4.69, 9.17) is 27.9 Å². The summed E-state index contributed by atoms with van der Waals surface area (Å²) in [5.41, 5.74) is 8.44. The molecule has 5 heterocycles. The van der Waals surface area contributed by atoms with Crippen LogP contribution in [0.2, 0.25) is 0 Å². The fourth-order valence-electron chi connectivity index (χ4n) is 10.5. The highest BCUT2D eigenvalue weighted by Crippen LogP contribution is 2.44. The molecule has 13 rings (SSSR count). The zero-order chi connectivity index (χ0) is 55.0. The average Bonchev–Trinajstić information content (AvgIpc) is 4.40. The second kappa shape index (κ2) is 21.0. The molecule has 0 radical (unpaired) electrons. The highest BCUT2D eigenvalue weighted by molar-refractivity contribution is 9.10. The van der Waals surface area contributed by atoms with E-state index in [-0.39, 0.29) is 48.2 Å². The minimum atomic E-state index is -0.476. The quantitative estimate of drug-likeness (QED) is 0.155. The van der Waals surface area contributed by atoms with Gasteiger partial charge in [-0.1, -0.05) is 157 Å². The number of hydrogen-bond donors (Lipinski definition) is 0. The molecule has 0 spiro atoms. The Kier molecular flexibility index (Phi) is 14.9. The Morgan fingerprint density at radius 3 is 1.15 bits per heavy atom. The molecule has 8 aromatic carbocycles. The normalized spacial score (nSPS) is 18.3. The van der Waals surface area contributed by atoms with Gasteiger partial charge in [0, 0.05) is 50.1 Å². The second-order valence-electron chi connectivity index (χ2n) is 23.8. The van der Waals surface area contributed by atoms with E-state index in [1.54, 1.807) is 0 Å². The van der Waals surface area contributed by atoms with Crippen molar-refractivity contribution in [2.24, 2.45) is 0 Å². The maximum atomic E-state index is 6.35. The minimum Gasteiger partial charge on any atom is -0.405 e. The molecule has 3 saturated heterocycles. The number of para-hydroxylation sites is 2. The predicted molar refractivity (Wildman–Crippen MR) is 335 cm³/mol. The molecule has 3 aliphatic rings. The first-order valence-corrected chi connectivity index (χ1v) is 27.9. The van der Waals surface area contributed by atoms with E-state index in [0.29, 0.717) is 0 Å². The number of nitrogens with zero attached hydrogens (tertiary/aromatic N) is 2. The van der Waals surface area contributed by atoms with E-state index in [1.165, 1.54) is 65.7 Å². The molecule has 0 aliphatic carbocycles. The van der Waals surface area contributed by atoms with Crippen molar-refractivity contribution >= 4 is 85.9 Å². The number of halogens is 1. The largest absolute Gasteiger partial charge is 0.494 e. The van der Waals surface area contributed by atoms with Crippen LogP contribution in [0.25, 0.3) is 77.0 Å². The molecule has 0 atom stereocenters. The zero-order valence-electron chi connectivity index (χ0n) is 46.9. The highest BCUT2D eigenvalue weighted by atomic mass is 79.9. The van der Waals surface area contributed by atoms with E-state index in [2.05, 4.69) is 247 Å². The van der Waals surface area contributed by atoms with Crippen molar-refractivity contribution in [3.63, 3.8) is 0 Å². The van der Waals surface area contributed by atoms with E-state index in [1.807, 2.05) is 55.4 Å². The highest BCUT2D eigenvalue weighted by Gasteiger charge is 2.63. The molecular weight excluding hydrogens is 1040 g/mol. The molecule has 0 unspecified atom stereocenters. The Balaban J connectivity index is 0.000000140. The fourth-order valence-corrected chi connectivity index (χ4v) is 10.9. The van der Waals surface area contributed by atoms with Crippen molar-refractivity contribution in [2.45, 2.75) is 124 Å². The molecule has 12 heteroatoms. The van der Waals surface area contributed by atoms with Crippen LogP contribution in [0.1, 0.15) is 90.5 Å². The van der Waals surface area contributed by atoms with Crippen molar-refractivity contribution in [1.29, 1.82) is 0 Å². The fraction of sp³-hybridized carbons (Fsp3) is 0.284. The number of hydrogen-bond acceptors (Lipinski definition) is 6. The molecule has 0 N–H and O–H groups in total. The van der Waals surface area contributed by atoms with Gasteiger partial charge in [-0.3, -0.25) is 0 Å². The van der Waals surface area contributed by atoms with E-state index < -0.39 is 14.0 Å². The summed E-state index contributed by atoms with van der Waals surface area (Å²) < 4.78 is 42.2. The van der Waals surface area contributed by atoms with Gasteiger partial charge < -0.3 is 37.1 Å². The Morgan fingerprint density at radius 2 is 0.734 bits per heavy atom. The summed E-state index contributed by atoms with van der Waals surface area (Å²) in [4.78, 5) is 0. The first kappa shape index (κ1) is 56.1. The lowest BCUT2D eigenvalue weighted by Gasteiger charge is -2.32. The summed E-state index contributed by atoms with van der Waals surface area (Å²) in [6, 6.07) is 64.3. The van der Waals surface area contributed by atoms with Crippen molar-refractivity contribution in [1.82, 2.24) is 9.13 Å². The van der Waals surface area contributed by atoms with Gasteiger partial charge >= 0.3 is 21.1 Å². The van der Waals surface area contributed by atoms with Crippen molar-refractivity contribution in [3.8, 4) is 33.6 Å². The molecule has 0 amide bonds. The monoisotopic (exact) mass is 1110 g/mol. The van der Waals surface area contributed by atoms with Gasteiger partial charge in [0.25, 0.3) is 0 Å². The topological polar surface area (TPSA) is 65.2 Å². The third kappa shape index (κ3) is 10.5. The maximum absolute atomic E-state index is 6.35. The molecular formula is C67H72B3BrN2O6. The number of aromatic nitrogens is 2. The predicted octanol–water partition coefficient (Wildman–Crippen LogP) is 16.8. The van der Waals surface area contributed by atoms with Crippen LogP contribution in [0.3, 0.4) is 0 Å². The number of rotatable bonds is 6. The number of benzene rings is 8. The van der Waals surface area contributed by atoms with Gasteiger partial charge in [0.15, 0.2) is 0 Å². The molecule has 0 bridgehead atoms. The summed E-state index contributed by atoms with van der Waals surface area (Å²) >= 11 is 3.62. The van der Waals surface area contributed by atoms with Gasteiger partial charge in [-0.25, -0.2) is 0 Å². The van der Waals surface area contributed by atoms with Crippen LogP contribution in [0.5, 0.6) is 0 Å². The molecule has 79 heavy (non-hydrogen) atoms. The first-order valence-electron chi connectivity index (χ1n) is 27.1. The van der Waals surface area contributed by atoms with Crippen LogP contribution in [-0.4, -0.2) is 63.9 Å². The third-order valence-corrected chi connectivity index (χ3v) is 17.6. The molecule has 3 fully saturated rings. The van der Waals surface area contributed by atoms with Crippen molar-refractivity contribution in [2.75, 3.05) is 0 Å². The van der Waals surface area contributed by atoms with Gasteiger partial charge in [-0.15, -0.1) is 0 Å². The molecule has 10 aromatic rings. The van der Waals surface area contributed by atoms with Crippen LogP contribution in [0.4, 0.5) is 0 Å². The summed E-state index contributed by atoms with van der Waals surface area (Å²) in [6.07, 6.45) is 4.52. The van der Waals surface area contributed by atoms with E-state index >= 15 is 0 Å². The molecule has 402 valence electrons. The van der Waals surface area contributed by atoms with Crippen molar-refractivity contribution < 1.29 is 27.9 Å². The SMILES string of the molecule is Brc1cccc(-c2cn(-c3ccccc3)c3ccc4ccccc4c23)c1.C.CC1(C)OB(B2OC(C)(C)C(C)(C)O2)OC1(C)C.CC1(C)OB(c2cccc(-c3cn(-c4ccccc4)c4ccc5ccccc5c34)c2)OC1(C)C. The molecule has 3 aliphatic heterocycles. The van der Waals surface area contributed by atoms with Gasteiger partial charge in [0.2, 0.25) is 0 Å². The van der Waals surface area contributed by atoms with E-state index in [9.17, 15) is 0 Å². The lowest BCUT2D eigenvalue weighted by Crippen LogP contribution is -2.41. The van der Waals surface area contributed by atoms with Crippen LogP contribution < -0.4 is 5.46 Å². The van der Waals surface area contributed by atoms with Gasteiger partial charge in [-0.05, 0) is 170 Å². The van der Waals surface area contributed by atoms with Gasteiger partial charge in [-0.2, -0.15) is 0 Å². The molecule has 0 saturated carbocycles. The van der Waals surface area contributed by atoms with E-state index in [0.717, 1.165) is 21.2 Å². The summed E-state index contributed by atoms with van der Waals surface area (Å²) in [5, 5.41) is 7.60. The van der Waals surface area contributed by atoms with Crippen molar-refractivity contribution in [3.05, 3.63) is 199 Å². The standard InChI is InChI=1S/C30H28BNO2.C24H16BrN.C12H24B2O4.CH4/c1-29(2)30(3,4)34-31(33-29)23-13-10-12-22(19-23)26-20-32(24-14-6-5-7-15-24)27-18-17-21-11-8-9-16-25(21)28(26)27;25-19-9-6-8-18(15-19)22-16-26(20-10-2-1-3-11-20)23-14-13-17-7-4-5-12-21(17)24(22)23;1-9(2)10(3,4)16-13(15-9)14-17-11(5,6)12(7,8)18-14;/h5-20H,1-4H3;1-16H;1-8H3;1H4. The Labute approximate surface area is 476 Å². The lowest BCUT2D eigenvalue weighted by atomic mass is 9.49. The summed E-state index contributed by atoms with van der Waals surface area (Å²) in [5.74, 6) is 0. The first-order chi connectivity index (χ1) is 37.0. The smallest absolute Gasteiger partial charge is 0.405 e. The summed E-state index contributed by atoms with van der Waals surface area (Å²) in [6.45, 7) is 24.6. The summed E-state index contributed by atoms with van der Waals surface area (Å²) in [7, 11) is -1.34. The maximum Gasteiger partial charge on any atom is 0.494 e. The minimum absolute atomic E-state index is 0. The number of fused-ring (bicyclic) bond motifs is 6. The average molecular weight is 1110 g/mol. The Morgan fingerprint density at radius 1 is 0.367 bits per heavy atom. The van der Waals surface area contributed by atoms with Gasteiger partial charge in [0.05, 0.1) is 44.6 Å². The van der Waals surface area contributed by atoms with Crippen LogP contribution in [0.15, 0.2) is 199 Å². The lowest BCUT2D eigenvalue weighted by molar-refractivity contribution is 0.00578. The van der Waals surface area contributed by atoms with Gasteiger partial charge in [0.1, 0.15) is 0 Å². The molecule has 8 nitrogen and oxygen atoms in total. The van der Waals surface area contributed by atoms with Crippen LogP contribution >= 0.6 is 15.9 Å². The van der Waals surface area contributed by atoms with Crippen LogP contribution in [-0.2, 0) is 27.9 Å².